The number of ether oxygens (including phenoxy) is 3. The molecule has 0 atom stereocenters. The average Bonchev–Trinajstić information content (AvgIpc) is 3.06. The summed E-state index contributed by atoms with van der Waals surface area (Å²) in [6.45, 7) is 2.22. The summed E-state index contributed by atoms with van der Waals surface area (Å²) in [4.78, 5) is 38.4. The summed E-state index contributed by atoms with van der Waals surface area (Å²) < 4.78 is 16.6. The Morgan fingerprint density at radius 1 is 1.15 bits per heavy atom. The van der Waals surface area contributed by atoms with Gasteiger partial charge in [0.1, 0.15) is 0 Å². The van der Waals surface area contributed by atoms with Crippen LogP contribution in [0.15, 0.2) is 45.8 Å². The highest BCUT2D eigenvalue weighted by Gasteiger charge is 2.34. The molecule has 10 heteroatoms. The zero-order chi connectivity index (χ0) is 24.0. The molecule has 0 saturated carbocycles. The Labute approximate surface area is 204 Å². The van der Waals surface area contributed by atoms with Crippen LogP contribution in [-0.4, -0.2) is 55.9 Å². The molecule has 0 spiro atoms. The topological polar surface area (TPSA) is 94.2 Å². The van der Waals surface area contributed by atoms with Crippen LogP contribution in [0.25, 0.3) is 6.08 Å². The van der Waals surface area contributed by atoms with Gasteiger partial charge in [0.05, 0.1) is 25.2 Å². The van der Waals surface area contributed by atoms with E-state index in [1.807, 2.05) is 31.2 Å². The van der Waals surface area contributed by atoms with Gasteiger partial charge in [-0.05, 0) is 54.6 Å². The van der Waals surface area contributed by atoms with Crippen LogP contribution < -0.4 is 14.8 Å². The molecule has 1 heterocycles. The Balaban J connectivity index is 1.71. The highest BCUT2D eigenvalue weighted by Crippen LogP contribution is 2.38. The maximum absolute atomic E-state index is 12.5. The minimum absolute atomic E-state index is 0.195. The Bertz CT molecular complexity index is 1090. The number of carbonyl (C=O) groups excluding carboxylic acids is 3. The summed E-state index contributed by atoms with van der Waals surface area (Å²) in [5.41, 5.74) is 2.40. The summed E-state index contributed by atoms with van der Waals surface area (Å²) in [6, 6.07) is 10.8. The predicted octanol–water partition coefficient (Wildman–Crippen LogP) is 4.47. The van der Waals surface area contributed by atoms with Gasteiger partial charge in [-0.15, -0.1) is 0 Å². The van der Waals surface area contributed by atoms with E-state index in [4.69, 9.17) is 14.2 Å². The third kappa shape index (κ3) is 6.37. The van der Waals surface area contributed by atoms with Crippen molar-refractivity contribution in [1.82, 2.24) is 4.90 Å². The molecular weight excluding hydrogens is 512 g/mol. The summed E-state index contributed by atoms with van der Waals surface area (Å²) in [5.74, 6) is 0.0480. The van der Waals surface area contributed by atoms with Crippen molar-refractivity contribution in [3.05, 3.63) is 56.9 Å². The largest absolute Gasteiger partial charge is 0.493 e. The Hall–Kier alpha value is -2.82. The summed E-state index contributed by atoms with van der Waals surface area (Å²) in [5, 5.41) is 2.43. The number of nitrogens with one attached hydrogen (secondary N) is 1. The number of benzene rings is 2. The number of thioether (sulfide) groups is 1. The van der Waals surface area contributed by atoms with Crippen molar-refractivity contribution in [3.63, 3.8) is 0 Å². The molecule has 0 radical (unpaired) electrons. The zero-order valence-electron chi connectivity index (χ0n) is 18.3. The summed E-state index contributed by atoms with van der Waals surface area (Å²) >= 11 is 4.32. The monoisotopic (exact) mass is 534 g/mol. The van der Waals surface area contributed by atoms with Crippen molar-refractivity contribution in [1.29, 1.82) is 0 Å². The van der Waals surface area contributed by atoms with Gasteiger partial charge in [0.25, 0.3) is 17.1 Å². The Morgan fingerprint density at radius 3 is 2.55 bits per heavy atom. The first-order valence-corrected chi connectivity index (χ1v) is 11.5. The average molecular weight is 535 g/mol. The smallest absolute Gasteiger partial charge is 0.293 e. The maximum atomic E-state index is 12.5. The van der Waals surface area contributed by atoms with Crippen LogP contribution in [0, 0.1) is 6.92 Å². The number of halogens is 1. The molecule has 33 heavy (non-hydrogen) atoms. The van der Waals surface area contributed by atoms with E-state index in [1.165, 1.54) is 14.2 Å². The lowest BCUT2D eigenvalue weighted by Gasteiger charge is -2.13. The molecule has 3 amide bonds. The third-order valence-electron chi connectivity index (χ3n) is 4.66. The van der Waals surface area contributed by atoms with Crippen molar-refractivity contribution in [3.8, 4) is 11.5 Å². The number of rotatable bonds is 9. The molecule has 1 aliphatic heterocycles. The molecule has 0 aliphatic carbocycles. The zero-order valence-corrected chi connectivity index (χ0v) is 20.7. The van der Waals surface area contributed by atoms with Crippen LogP contribution in [-0.2, 0) is 14.3 Å². The van der Waals surface area contributed by atoms with Gasteiger partial charge in [0.15, 0.2) is 18.1 Å². The van der Waals surface area contributed by atoms with Gasteiger partial charge >= 0.3 is 0 Å². The fraction of sp³-hybridized carbons (Fsp3) is 0.261. The second-order valence-electron chi connectivity index (χ2n) is 7.05. The summed E-state index contributed by atoms with van der Waals surface area (Å²) in [7, 11) is 2.99. The quantitative estimate of drug-likeness (QED) is 0.474. The molecule has 0 bridgehead atoms. The first-order valence-electron chi connectivity index (χ1n) is 9.93. The Morgan fingerprint density at radius 2 is 1.88 bits per heavy atom. The third-order valence-corrected chi connectivity index (χ3v) is 6.25. The van der Waals surface area contributed by atoms with Crippen molar-refractivity contribution in [2.45, 2.75) is 6.92 Å². The maximum Gasteiger partial charge on any atom is 0.293 e. The van der Waals surface area contributed by atoms with Gasteiger partial charge in [-0.3, -0.25) is 19.3 Å². The van der Waals surface area contributed by atoms with Crippen LogP contribution in [0.1, 0.15) is 11.1 Å². The molecule has 2 aromatic rings. The molecule has 2 aromatic carbocycles. The van der Waals surface area contributed by atoms with E-state index in [2.05, 4.69) is 21.2 Å². The van der Waals surface area contributed by atoms with Gasteiger partial charge in [-0.25, -0.2) is 0 Å². The van der Waals surface area contributed by atoms with E-state index in [9.17, 15) is 14.4 Å². The number of carbonyl (C=O) groups is 3. The van der Waals surface area contributed by atoms with E-state index in [1.54, 1.807) is 18.2 Å². The molecule has 174 valence electrons. The van der Waals surface area contributed by atoms with E-state index < -0.39 is 0 Å². The SMILES string of the molecule is COCCN1C(=O)S/C(=C/c2cc(OC)c(OCC(=O)Nc3ccc(C)cc3)cc2Br)C1=O. The Kier molecular flexibility index (Phi) is 8.54. The number of imide groups is 1. The van der Waals surface area contributed by atoms with Crippen molar-refractivity contribution in [2.24, 2.45) is 0 Å². The molecular formula is C23H23BrN2O6S. The molecule has 3 rings (SSSR count). The van der Waals surface area contributed by atoms with Gasteiger partial charge in [-0.2, -0.15) is 0 Å². The number of hydrogen-bond acceptors (Lipinski definition) is 7. The van der Waals surface area contributed by atoms with Crippen molar-refractivity contribution >= 4 is 56.5 Å². The van der Waals surface area contributed by atoms with E-state index in [0.29, 0.717) is 32.1 Å². The standard InChI is InChI=1S/C23H23BrN2O6S/c1-14-4-6-16(7-5-14)25-21(27)13-32-19-12-17(24)15(10-18(19)31-3)11-20-22(28)26(8-9-30-2)23(29)33-20/h4-7,10-12H,8-9,13H2,1-3H3,(H,25,27)/b20-11+. The van der Waals surface area contributed by atoms with E-state index in [0.717, 1.165) is 22.2 Å². The molecule has 0 aromatic heterocycles. The second kappa shape index (κ2) is 11.4. The van der Waals surface area contributed by atoms with Crippen molar-refractivity contribution < 1.29 is 28.6 Å². The molecule has 8 nitrogen and oxygen atoms in total. The van der Waals surface area contributed by atoms with Crippen LogP contribution in [0.2, 0.25) is 0 Å². The molecule has 1 fully saturated rings. The van der Waals surface area contributed by atoms with E-state index in [-0.39, 0.29) is 36.8 Å². The fourth-order valence-corrected chi connectivity index (χ4v) is 4.22. The lowest BCUT2D eigenvalue weighted by Crippen LogP contribution is -2.31. The van der Waals surface area contributed by atoms with Gasteiger partial charge < -0.3 is 19.5 Å². The van der Waals surface area contributed by atoms with E-state index >= 15 is 0 Å². The van der Waals surface area contributed by atoms with Gasteiger partial charge in [-0.1, -0.05) is 33.6 Å². The van der Waals surface area contributed by atoms with Crippen LogP contribution in [0.3, 0.4) is 0 Å². The molecule has 0 unspecified atom stereocenters. The predicted molar refractivity (Wildman–Crippen MR) is 131 cm³/mol. The number of anilines is 1. The molecule has 1 aliphatic rings. The minimum Gasteiger partial charge on any atom is -0.493 e. The van der Waals surface area contributed by atoms with Crippen LogP contribution in [0.5, 0.6) is 11.5 Å². The second-order valence-corrected chi connectivity index (χ2v) is 8.90. The fourth-order valence-electron chi connectivity index (χ4n) is 2.93. The number of methoxy groups -OCH3 is 2. The van der Waals surface area contributed by atoms with Crippen LogP contribution in [0.4, 0.5) is 10.5 Å². The highest BCUT2D eigenvalue weighted by molar-refractivity contribution is 9.10. The molecule has 1 saturated heterocycles. The van der Waals surface area contributed by atoms with Gasteiger partial charge in [0, 0.05) is 17.3 Å². The number of aryl methyl sites for hydroxylation is 1. The first kappa shape index (κ1) is 24.8. The summed E-state index contributed by atoms with van der Waals surface area (Å²) in [6.07, 6.45) is 1.61. The number of amides is 3. The normalized spacial score (nSPS) is 14.7. The van der Waals surface area contributed by atoms with Gasteiger partial charge in [0.2, 0.25) is 0 Å². The van der Waals surface area contributed by atoms with Crippen LogP contribution >= 0.6 is 27.7 Å². The minimum atomic E-state index is -0.374. The molecule has 1 N–H and O–H groups in total. The number of hydrogen-bond donors (Lipinski definition) is 1. The first-order chi connectivity index (χ1) is 15.8. The lowest BCUT2D eigenvalue weighted by atomic mass is 10.2. The lowest BCUT2D eigenvalue weighted by molar-refractivity contribution is -0.123. The van der Waals surface area contributed by atoms with Crippen molar-refractivity contribution in [2.75, 3.05) is 39.3 Å². The number of nitrogens with zero attached hydrogens (tertiary/aromatic N) is 1. The highest BCUT2D eigenvalue weighted by atomic mass is 79.9.